The SMILES string of the molecule is C[C@@H](O)C(=O)N1CC2CNCC(C1)O2. The van der Waals surface area contributed by atoms with E-state index in [4.69, 9.17) is 4.74 Å². The van der Waals surface area contributed by atoms with Crippen molar-refractivity contribution in [2.45, 2.75) is 25.2 Å². The van der Waals surface area contributed by atoms with E-state index < -0.39 is 6.10 Å². The summed E-state index contributed by atoms with van der Waals surface area (Å²) in [6, 6.07) is 0. The molecule has 3 atom stereocenters. The molecule has 0 spiro atoms. The lowest BCUT2D eigenvalue weighted by molar-refractivity contribution is -0.156. The lowest BCUT2D eigenvalue weighted by Crippen LogP contribution is -2.60. The van der Waals surface area contributed by atoms with Gasteiger partial charge < -0.3 is 20.1 Å². The van der Waals surface area contributed by atoms with E-state index >= 15 is 0 Å². The van der Waals surface area contributed by atoms with Crippen LogP contribution in [0.5, 0.6) is 0 Å². The molecule has 0 saturated carbocycles. The third kappa shape index (κ3) is 1.89. The number of fused-ring (bicyclic) bond motifs is 2. The average Bonchev–Trinajstić information content (AvgIpc) is 2.15. The van der Waals surface area contributed by atoms with Crippen LogP contribution in [-0.2, 0) is 9.53 Å². The van der Waals surface area contributed by atoms with E-state index in [2.05, 4.69) is 5.32 Å². The number of carbonyl (C=O) groups excluding carboxylic acids is 1. The number of amides is 1. The molecule has 2 saturated heterocycles. The third-order valence-electron chi connectivity index (χ3n) is 2.65. The summed E-state index contributed by atoms with van der Waals surface area (Å²) in [4.78, 5) is 13.2. The fraction of sp³-hybridized carbons (Fsp3) is 0.889. The van der Waals surface area contributed by atoms with Gasteiger partial charge in [0.15, 0.2) is 0 Å². The van der Waals surface area contributed by atoms with Crippen LogP contribution in [0.2, 0.25) is 0 Å². The first kappa shape index (κ1) is 9.89. The number of aliphatic hydroxyl groups is 1. The molecule has 2 aliphatic heterocycles. The summed E-state index contributed by atoms with van der Waals surface area (Å²) in [6.45, 7) is 4.27. The number of nitrogens with zero attached hydrogens (tertiary/aromatic N) is 1. The Hall–Kier alpha value is -0.650. The molecule has 1 amide bonds. The molecule has 0 radical (unpaired) electrons. The number of hydrogen-bond acceptors (Lipinski definition) is 4. The van der Waals surface area contributed by atoms with Crippen molar-refractivity contribution in [1.82, 2.24) is 10.2 Å². The molecule has 2 aliphatic rings. The maximum absolute atomic E-state index is 11.5. The van der Waals surface area contributed by atoms with Crippen LogP contribution in [0, 0.1) is 0 Å². The highest BCUT2D eigenvalue weighted by molar-refractivity contribution is 5.80. The van der Waals surface area contributed by atoms with Gasteiger partial charge in [-0.2, -0.15) is 0 Å². The highest BCUT2D eigenvalue weighted by Crippen LogP contribution is 2.14. The lowest BCUT2D eigenvalue weighted by Gasteiger charge is -2.42. The molecular formula is C9H16N2O3. The number of hydrogen-bond donors (Lipinski definition) is 2. The Morgan fingerprint density at radius 1 is 1.50 bits per heavy atom. The van der Waals surface area contributed by atoms with Gasteiger partial charge in [0.05, 0.1) is 12.2 Å². The molecule has 14 heavy (non-hydrogen) atoms. The largest absolute Gasteiger partial charge is 0.384 e. The number of morpholine rings is 2. The molecule has 0 aromatic carbocycles. The van der Waals surface area contributed by atoms with E-state index in [0.717, 1.165) is 13.1 Å². The maximum atomic E-state index is 11.5. The summed E-state index contributed by atoms with van der Waals surface area (Å²) < 4.78 is 5.64. The van der Waals surface area contributed by atoms with Crippen molar-refractivity contribution >= 4 is 5.91 Å². The quantitative estimate of drug-likeness (QED) is 0.544. The van der Waals surface area contributed by atoms with Crippen molar-refractivity contribution in [3.8, 4) is 0 Å². The topological polar surface area (TPSA) is 61.8 Å². The van der Waals surface area contributed by atoms with Crippen LogP contribution in [0.25, 0.3) is 0 Å². The monoisotopic (exact) mass is 200 g/mol. The number of ether oxygens (including phenoxy) is 1. The molecule has 2 N–H and O–H groups in total. The summed E-state index contributed by atoms with van der Waals surface area (Å²) in [5.41, 5.74) is 0. The zero-order valence-corrected chi connectivity index (χ0v) is 8.27. The standard InChI is InChI=1S/C9H16N2O3/c1-6(12)9(13)11-4-7-2-10-3-8(5-11)14-7/h6-8,10,12H,2-5H2,1H3/t6-,7?,8?/m1/s1. The Labute approximate surface area is 83.0 Å². The van der Waals surface area contributed by atoms with E-state index in [9.17, 15) is 9.90 Å². The van der Waals surface area contributed by atoms with Crippen LogP contribution >= 0.6 is 0 Å². The molecule has 5 heteroatoms. The minimum Gasteiger partial charge on any atom is -0.384 e. The minimum atomic E-state index is -0.901. The van der Waals surface area contributed by atoms with E-state index in [1.54, 1.807) is 4.90 Å². The van der Waals surface area contributed by atoms with Crippen molar-refractivity contribution in [3.63, 3.8) is 0 Å². The third-order valence-corrected chi connectivity index (χ3v) is 2.65. The Kier molecular flexibility index (Phi) is 2.71. The highest BCUT2D eigenvalue weighted by atomic mass is 16.5. The number of nitrogens with one attached hydrogen (secondary N) is 1. The predicted octanol–water partition coefficient (Wildman–Crippen LogP) is -1.43. The van der Waals surface area contributed by atoms with E-state index in [0.29, 0.717) is 13.1 Å². The van der Waals surface area contributed by atoms with Gasteiger partial charge >= 0.3 is 0 Å². The zero-order chi connectivity index (χ0) is 10.1. The molecule has 0 aliphatic carbocycles. The van der Waals surface area contributed by atoms with Gasteiger partial charge in [0.2, 0.25) is 0 Å². The Morgan fingerprint density at radius 2 is 2.07 bits per heavy atom. The summed E-state index contributed by atoms with van der Waals surface area (Å²) in [5, 5.41) is 12.4. The van der Waals surface area contributed by atoms with Crippen molar-refractivity contribution in [1.29, 1.82) is 0 Å². The summed E-state index contributed by atoms with van der Waals surface area (Å²) in [6.07, 6.45) is -0.725. The van der Waals surface area contributed by atoms with Gasteiger partial charge in [0.25, 0.3) is 5.91 Å². The molecule has 0 aromatic heterocycles. The summed E-state index contributed by atoms with van der Waals surface area (Å²) in [5.74, 6) is -0.190. The normalized spacial score (nSPS) is 34.0. The van der Waals surface area contributed by atoms with Crippen LogP contribution in [0.3, 0.4) is 0 Å². The Bertz CT molecular complexity index is 220. The van der Waals surface area contributed by atoms with Crippen LogP contribution in [0.4, 0.5) is 0 Å². The van der Waals surface area contributed by atoms with Crippen LogP contribution in [-0.4, -0.2) is 60.4 Å². The van der Waals surface area contributed by atoms with Gasteiger partial charge in [-0.1, -0.05) is 0 Å². The molecule has 2 bridgehead atoms. The highest BCUT2D eigenvalue weighted by Gasteiger charge is 2.34. The second-order valence-corrected chi connectivity index (χ2v) is 3.96. The van der Waals surface area contributed by atoms with Crippen LogP contribution in [0.15, 0.2) is 0 Å². The van der Waals surface area contributed by atoms with Gasteiger partial charge in [0.1, 0.15) is 6.10 Å². The average molecular weight is 200 g/mol. The molecule has 2 rings (SSSR count). The van der Waals surface area contributed by atoms with Crippen molar-refractivity contribution in [2.24, 2.45) is 0 Å². The second kappa shape index (κ2) is 3.84. The fourth-order valence-corrected chi connectivity index (χ4v) is 2.00. The molecule has 0 aromatic rings. The van der Waals surface area contributed by atoms with Crippen molar-refractivity contribution < 1.29 is 14.6 Å². The van der Waals surface area contributed by atoms with Crippen molar-refractivity contribution in [2.75, 3.05) is 26.2 Å². The zero-order valence-electron chi connectivity index (χ0n) is 8.27. The molecule has 5 nitrogen and oxygen atoms in total. The summed E-state index contributed by atoms with van der Waals surface area (Å²) in [7, 11) is 0. The van der Waals surface area contributed by atoms with E-state index in [-0.39, 0.29) is 18.1 Å². The fourth-order valence-electron chi connectivity index (χ4n) is 2.00. The molecule has 2 unspecified atom stereocenters. The minimum absolute atomic E-state index is 0.0881. The van der Waals surface area contributed by atoms with Gasteiger partial charge in [0, 0.05) is 26.2 Å². The number of rotatable bonds is 1. The number of aliphatic hydroxyl groups excluding tert-OH is 1. The maximum Gasteiger partial charge on any atom is 0.251 e. The Morgan fingerprint density at radius 3 is 2.57 bits per heavy atom. The first-order valence-corrected chi connectivity index (χ1v) is 5.00. The summed E-state index contributed by atoms with van der Waals surface area (Å²) >= 11 is 0. The molecule has 2 heterocycles. The van der Waals surface area contributed by atoms with Gasteiger partial charge in [-0.3, -0.25) is 4.79 Å². The molecule has 80 valence electrons. The first-order valence-electron chi connectivity index (χ1n) is 5.00. The van der Waals surface area contributed by atoms with Crippen molar-refractivity contribution in [3.05, 3.63) is 0 Å². The second-order valence-electron chi connectivity index (χ2n) is 3.96. The Balaban J connectivity index is 1.98. The van der Waals surface area contributed by atoms with Crippen LogP contribution in [0.1, 0.15) is 6.92 Å². The van der Waals surface area contributed by atoms with Gasteiger partial charge in [-0.25, -0.2) is 0 Å². The number of carbonyl (C=O) groups is 1. The predicted molar refractivity (Wildman–Crippen MR) is 49.8 cm³/mol. The van der Waals surface area contributed by atoms with Gasteiger partial charge in [-0.05, 0) is 6.92 Å². The smallest absolute Gasteiger partial charge is 0.251 e. The van der Waals surface area contributed by atoms with Gasteiger partial charge in [-0.15, -0.1) is 0 Å². The van der Waals surface area contributed by atoms with E-state index in [1.165, 1.54) is 6.92 Å². The van der Waals surface area contributed by atoms with Crippen LogP contribution < -0.4 is 5.32 Å². The molecular weight excluding hydrogens is 184 g/mol. The lowest BCUT2D eigenvalue weighted by atomic mass is 10.1. The van der Waals surface area contributed by atoms with E-state index in [1.807, 2.05) is 0 Å². The molecule has 2 fully saturated rings. The first-order chi connectivity index (χ1) is 6.66.